The lowest BCUT2D eigenvalue weighted by Gasteiger charge is -2.53. The molecule has 108 valence electrons. The van der Waals surface area contributed by atoms with Crippen LogP contribution in [-0.4, -0.2) is 40.6 Å². The van der Waals surface area contributed by atoms with Gasteiger partial charge in [-0.05, 0) is 37.5 Å². The van der Waals surface area contributed by atoms with E-state index in [1.54, 1.807) is 0 Å². The summed E-state index contributed by atoms with van der Waals surface area (Å²) in [5, 5.41) is 8.71. The molecule has 1 amide bonds. The zero-order chi connectivity index (χ0) is 14.3. The third-order valence-corrected chi connectivity index (χ3v) is 4.33. The molecule has 3 rings (SSSR count). The molecule has 3 aliphatic rings. The SMILES string of the molecule is O=C(O)CCC12CCC(CC1)N(C(=O)C(F)(F)F)C2. The van der Waals surface area contributed by atoms with Crippen LogP contribution >= 0.6 is 0 Å². The van der Waals surface area contributed by atoms with Gasteiger partial charge in [0.15, 0.2) is 0 Å². The summed E-state index contributed by atoms with van der Waals surface area (Å²) < 4.78 is 37.5. The predicted octanol–water partition coefficient (Wildman–Crippen LogP) is 2.18. The van der Waals surface area contributed by atoms with Crippen molar-refractivity contribution in [1.29, 1.82) is 0 Å². The maximum absolute atomic E-state index is 12.5. The lowest BCUT2D eigenvalue weighted by atomic mass is 9.65. The van der Waals surface area contributed by atoms with Gasteiger partial charge in [-0.2, -0.15) is 13.2 Å². The fourth-order valence-corrected chi connectivity index (χ4v) is 3.28. The van der Waals surface area contributed by atoms with Crippen molar-refractivity contribution in [2.75, 3.05) is 6.54 Å². The average Bonchev–Trinajstić information content (AvgIpc) is 2.36. The minimum atomic E-state index is -4.84. The van der Waals surface area contributed by atoms with E-state index in [1.807, 2.05) is 0 Å². The second kappa shape index (κ2) is 4.68. The number of hydrogen-bond donors (Lipinski definition) is 1. The van der Waals surface area contributed by atoms with Crippen LogP contribution in [0.1, 0.15) is 38.5 Å². The summed E-state index contributed by atoms with van der Waals surface area (Å²) in [5.41, 5.74) is -0.436. The number of carbonyl (C=O) groups is 2. The van der Waals surface area contributed by atoms with Gasteiger partial charge < -0.3 is 10.0 Å². The maximum atomic E-state index is 12.5. The molecule has 0 aromatic rings. The van der Waals surface area contributed by atoms with E-state index in [-0.39, 0.29) is 19.0 Å². The van der Waals surface area contributed by atoms with Crippen LogP contribution in [0.5, 0.6) is 0 Å². The summed E-state index contributed by atoms with van der Waals surface area (Å²) in [4.78, 5) is 22.9. The van der Waals surface area contributed by atoms with Gasteiger partial charge in [0.25, 0.3) is 0 Å². The molecule has 0 aromatic carbocycles. The highest BCUT2D eigenvalue weighted by Gasteiger charge is 2.52. The van der Waals surface area contributed by atoms with Crippen molar-refractivity contribution in [3.05, 3.63) is 0 Å². The van der Waals surface area contributed by atoms with Crippen LogP contribution in [0.25, 0.3) is 0 Å². The number of carboxylic acids is 1. The number of carboxylic acid groups (broad SMARTS) is 1. The van der Waals surface area contributed by atoms with Crippen LogP contribution < -0.4 is 0 Å². The van der Waals surface area contributed by atoms with Crippen molar-refractivity contribution in [1.82, 2.24) is 4.90 Å². The number of halogens is 3. The summed E-state index contributed by atoms with van der Waals surface area (Å²) in [6.45, 7) is 0.0449. The Labute approximate surface area is 108 Å². The highest BCUT2D eigenvalue weighted by molar-refractivity contribution is 5.82. The minimum absolute atomic E-state index is 0.0449. The number of hydrogen-bond acceptors (Lipinski definition) is 2. The van der Waals surface area contributed by atoms with Crippen molar-refractivity contribution in [2.24, 2.45) is 5.41 Å². The molecule has 7 heteroatoms. The molecule has 0 atom stereocenters. The predicted molar refractivity (Wildman–Crippen MR) is 59.3 cm³/mol. The smallest absolute Gasteiger partial charge is 0.471 e. The molecule has 19 heavy (non-hydrogen) atoms. The molecule has 0 unspecified atom stereocenters. The molecule has 0 spiro atoms. The molecule has 0 radical (unpaired) electrons. The molecule has 2 saturated heterocycles. The minimum Gasteiger partial charge on any atom is -0.481 e. The Morgan fingerprint density at radius 2 is 1.84 bits per heavy atom. The van der Waals surface area contributed by atoms with Gasteiger partial charge in [-0.15, -0.1) is 0 Å². The molecule has 2 bridgehead atoms. The van der Waals surface area contributed by atoms with E-state index in [0.717, 1.165) is 4.90 Å². The summed E-state index contributed by atoms with van der Waals surface area (Å²) in [6, 6.07) is -0.333. The van der Waals surface area contributed by atoms with Gasteiger partial charge >= 0.3 is 18.1 Å². The first-order valence-corrected chi connectivity index (χ1v) is 6.33. The van der Waals surface area contributed by atoms with Crippen LogP contribution in [0.15, 0.2) is 0 Å². The molecular formula is C12H16F3NO3. The molecule has 0 aromatic heterocycles. The zero-order valence-electron chi connectivity index (χ0n) is 10.4. The summed E-state index contributed by atoms with van der Waals surface area (Å²) in [6.07, 6.45) is -2.04. The second-order valence-electron chi connectivity index (χ2n) is 5.56. The Morgan fingerprint density at radius 3 is 2.32 bits per heavy atom. The third kappa shape index (κ3) is 2.84. The van der Waals surface area contributed by atoms with E-state index in [4.69, 9.17) is 5.11 Å². The Hall–Kier alpha value is -1.27. The summed E-state index contributed by atoms with van der Waals surface area (Å²) in [5.74, 6) is -2.73. The van der Waals surface area contributed by atoms with E-state index in [0.29, 0.717) is 32.1 Å². The topological polar surface area (TPSA) is 57.6 Å². The highest BCUT2D eigenvalue weighted by atomic mass is 19.4. The number of aliphatic carboxylic acids is 1. The monoisotopic (exact) mass is 279 g/mol. The number of carbonyl (C=O) groups excluding carboxylic acids is 1. The normalized spacial score (nSPS) is 30.5. The average molecular weight is 279 g/mol. The van der Waals surface area contributed by atoms with E-state index in [1.165, 1.54) is 0 Å². The molecule has 4 nitrogen and oxygen atoms in total. The molecule has 1 saturated carbocycles. The Bertz CT molecular complexity index is 386. The first kappa shape index (κ1) is 14.1. The largest absolute Gasteiger partial charge is 0.481 e. The second-order valence-corrected chi connectivity index (χ2v) is 5.56. The van der Waals surface area contributed by atoms with Crippen molar-refractivity contribution in [2.45, 2.75) is 50.7 Å². The van der Waals surface area contributed by atoms with Crippen molar-refractivity contribution in [3.63, 3.8) is 0 Å². The molecule has 1 aliphatic carbocycles. The molecule has 2 aliphatic heterocycles. The number of amides is 1. The van der Waals surface area contributed by atoms with Crippen LogP contribution in [0.3, 0.4) is 0 Å². The zero-order valence-corrected chi connectivity index (χ0v) is 10.4. The van der Waals surface area contributed by atoms with E-state index in [2.05, 4.69) is 0 Å². The van der Waals surface area contributed by atoms with Crippen LogP contribution in [0, 0.1) is 5.41 Å². The number of piperidine rings is 2. The third-order valence-electron chi connectivity index (χ3n) is 4.33. The molecule has 1 N–H and O–H groups in total. The van der Waals surface area contributed by atoms with Crippen molar-refractivity contribution in [3.8, 4) is 0 Å². The van der Waals surface area contributed by atoms with Gasteiger partial charge in [0.05, 0.1) is 0 Å². The van der Waals surface area contributed by atoms with E-state index < -0.39 is 23.5 Å². The molecule has 3 fully saturated rings. The molecule has 2 heterocycles. The van der Waals surface area contributed by atoms with Crippen LogP contribution in [0.4, 0.5) is 13.2 Å². The first-order valence-electron chi connectivity index (χ1n) is 6.33. The summed E-state index contributed by atoms with van der Waals surface area (Å²) >= 11 is 0. The van der Waals surface area contributed by atoms with Gasteiger partial charge in [0, 0.05) is 19.0 Å². The van der Waals surface area contributed by atoms with Gasteiger partial charge in [-0.25, -0.2) is 0 Å². The summed E-state index contributed by atoms with van der Waals surface area (Å²) in [7, 11) is 0. The van der Waals surface area contributed by atoms with Crippen molar-refractivity contribution < 1.29 is 27.9 Å². The fourth-order valence-electron chi connectivity index (χ4n) is 3.28. The standard InChI is InChI=1S/C12H16F3NO3/c13-12(14,15)10(19)16-7-11(6-3-9(17)18)4-1-8(16)2-5-11/h8H,1-7H2,(H,17,18). The number of nitrogens with zero attached hydrogens (tertiary/aromatic N) is 1. The Kier molecular flexibility index (Phi) is 3.49. The Morgan fingerprint density at radius 1 is 1.26 bits per heavy atom. The lowest BCUT2D eigenvalue weighted by molar-refractivity contribution is -0.196. The number of rotatable bonds is 3. The number of alkyl halides is 3. The van der Waals surface area contributed by atoms with Gasteiger partial charge in [-0.3, -0.25) is 9.59 Å². The van der Waals surface area contributed by atoms with Crippen LogP contribution in [-0.2, 0) is 9.59 Å². The molecular weight excluding hydrogens is 263 g/mol. The fraction of sp³-hybridized carbons (Fsp3) is 0.833. The Balaban J connectivity index is 2.09. The highest BCUT2D eigenvalue weighted by Crippen LogP contribution is 2.48. The quantitative estimate of drug-likeness (QED) is 0.861. The lowest BCUT2D eigenvalue weighted by Crippen LogP contribution is -2.59. The maximum Gasteiger partial charge on any atom is 0.471 e. The van der Waals surface area contributed by atoms with Gasteiger partial charge in [0.2, 0.25) is 0 Å². The van der Waals surface area contributed by atoms with Gasteiger partial charge in [0.1, 0.15) is 0 Å². The number of fused-ring (bicyclic) bond motifs is 3. The van der Waals surface area contributed by atoms with E-state index >= 15 is 0 Å². The van der Waals surface area contributed by atoms with Gasteiger partial charge in [-0.1, -0.05) is 0 Å². The first-order chi connectivity index (χ1) is 8.73. The van der Waals surface area contributed by atoms with E-state index in [9.17, 15) is 22.8 Å². The van der Waals surface area contributed by atoms with Crippen LogP contribution in [0.2, 0.25) is 0 Å². The van der Waals surface area contributed by atoms with Crippen molar-refractivity contribution >= 4 is 11.9 Å².